The number of amidine groups is 1. The normalized spacial score (nSPS) is 14.6. The number of carbonyl (C=O) groups is 1. The van der Waals surface area contributed by atoms with Gasteiger partial charge in [0.1, 0.15) is 18.1 Å². The van der Waals surface area contributed by atoms with Crippen molar-refractivity contribution in [1.29, 1.82) is 0 Å². The third kappa shape index (κ3) is 5.27. The summed E-state index contributed by atoms with van der Waals surface area (Å²) in [7, 11) is 2.82. The summed E-state index contributed by atoms with van der Waals surface area (Å²) in [5, 5.41) is 1.18. The Morgan fingerprint density at radius 2 is 1.84 bits per heavy atom. The molecule has 0 saturated carbocycles. The molecule has 1 unspecified atom stereocenters. The maximum atomic E-state index is 13.4. The van der Waals surface area contributed by atoms with Crippen molar-refractivity contribution in [2.75, 3.05) is 14.2 Å². The predicted octanol–water partition coefficient (Wildman–Crippen LogP) is 3.91. The molecule has 0 saturated heterocycles. The molecule has 7 nitrogen and oxygen atoms in total. The second-order valence-electron chi connectivity index (χ2n) is 6.86. The molecular formula is C22H22F3N3O4. The number of rotatable bonds is 7. The third-order valence-electron chi connectivity index (χ3n) is 4.79. The highest BCUT2D eigenvalue weighted by atomic mass is 19.4. The van der Waals surface area contributed by atoms with Gasteiger partial charge in [-0.2, -0.15) is 13.2 Å². The maximum Gasteiger partial charge on any atom is 0.417 e. The first-order valence-electron chi connectivity index (χ1n) is 9.59. The number of alkyl halides is 3. The van der Waals surface area contributed by atoms with Gasteiger partial charge in [-0.3, -0.25) is 9.63 Å². The summed E-state index contributed by atoms with van der Waals surface area (Å²) < 4.78 is 45.1. The zero-order valence-corrected chi connectivity index (χ0v) is 17.6. The van der Waals surface area contributed by atoms with Gasteiger partial charge < -0.3 is 9.57 Å². The summed E-state index contributed by atoms with van der Waals surface area (Å²) in [6, 6.07) is 12.1. The van der Waals surface area contributed by atoms with Crippen LogP contribution in [0.1, 0.15) is 29.2 Å². The van der Waals surface area contributed by atoms with Gasteiger partial charge in [-0.1, -0.05) is 42.5 Å². The lowest BCUT2D eigenvalue weighted by molar-refractivity contribution is -0.188. The number of aliphatic imine (C=N–C) groups is 1. The van der Waals surface area contributed by atoms with E-state index in [0.717, 1.165) is 17.9 Å². The van der Waals surface area contributed by atoms with Crippen molar-refractivity contribution in [2.45, 2.75) is 25.7 Å². The SMILES string of the molecule is COC(C)C(=O)N(Cc1ccc(C2=NC(c3ccccc3C(F)(F)F)=CON2)cc1)OC. The number of carbonyl (C=O) groups excluding carboxylic acids is 1. The molecule has 2 aromatic carbocycles. The van der Waals surface area contributed by atoms with Gasteiger partial charge in [0.05, 0.1) is 19.2 Å². The number of methoxy groups -OCH3 is 1. The Bertz CT molecular complexity index is 1020. The number of nitrogens with zero attached hydrogens (tertiary/aromatic N) is 2. The number of hydroxylamine groups is 3. The highest BCUT2D eigenvalue weighted by molar-refractivity contribution is 6.02. The minimum atomic E-state index is -4.52. The fourth-order valence-electron chi connectivity index (χ4n) is 2.98. The number of amides is 1. The number of ether oxygens (including phenoxy) is 1. The Kier molecular flexibility index (Phi) is 7.16. The standard InChI is InChI=1S/C22H22F3N3O4/c1-14(30-2)21(29)28(31-3)12-15-8-10-16(11-9-15)20-26-19(13-32-27-20)17-6-4-5-7-18(17)22(23,24)25/h4-11,13-14H,12H2,1-3H3,(H,26,27). The quantitative estimate of drug-likeness (QED) is 0.649. The Hall–Kier alpha value is -3.37. The van der Waals surface area contributed by atoms with Gasteiger partial charge in [-0.15, -0.1) is 0 Å². The molecule has 0 fully saturated rings. The molecule has 0 aromatic heterocycles. The van der Waals surface area contributed by atoms with Gasteiger partial charge in [-0.25, -0.2) is 15.5 Å². The van der Waals surface area contributed by atoms with Crippen LogP contribution in [0.2, 0.25) is 0 Å². The van der Waals surface area contributed by atoms with Crippen molar-refractivity contribution >= 4 is 17.4 Å². The molecule has 1 aliphatic heterocycles. The summed E-state index contributed by atoms with van der Waals surface area (Å²) in [6.45, 7) is 1.80. The van der Waals surface area contributed by atoms with Crippen molar-refractivity contribution in [3.8, 4) is 0 Å². The Balaban J connectivity index is 1.81. The van der Waals surface area contributed by atoms with Crippen molar-refractivity contribution < 1.29 is 32.4 Å². The van der Waals surface area contributed by atoms with Crippen LogP contribution in [0.15, 0.2) is 59.8 Å². The van der Waals surface area contributed by atoms with Gasteiger partial charge in [-0.05, 0) is 18.6 Å². The first-order chi connectivity index (χ1) is 15.2. The van der Waals surface area contributed by atoms with Gasteiger partial charge in [0.25, 0.3) is 5.91 Å². The van der Waals surface area contributed by atoms with Gasteiger partial charge in [0.2, 0.25) is 0 Å². The van der Waals surface area contributed by atoms with Crippen molar-refractivity contribution in [1.82, 2.24) is 10.5 Å². The number of hydrogen-bond acceptors (Lipinski definition) is 6. The van der Waals surface area contributed by atoms with E-state index in [1.807, 2.05) is 0 Å². The summed E-state index contributed by atoms with van der Waals surface area (Å²) in [4.78, 5) is 26.8. The van der Waals surface area contributed by atoms with Crippen LogP contribution >= 0.6 is 0 Å². The van der Waals surface area contributed by atoms with E-state index in [9.17, 15) is 18.0 Å². The maximum absolute atomic E-state index is 13.4. The lowest BCUT2D eigenvalue weighted by Crippen LogP contribution is -2.37. The Morgan fingerprint density at radius 3 is 2.47 bits per heavy atom. The molecule has 0 bridgehead atoms. The van der Waals surface area contributed by atoms with E-state index in [2.05, 4.69) is 10.5 Å². The van der Waals surface area contributed by atoms with Crippen molar-refractivity contribution in [2.24, 2.45) is 4.99 Å². The topological polar surface area (TPSA) is 72.4 Å². The Labute approximate surface area is 183 Å². The number of nitrogens with one attached hydrogen (secondary N) is 1. The molecule has 170 valence electrons. The van der Waals surface area contributed by atoms with E-state index >= 15 is 0 Å². The highest BCUT2D eigenvalue weighted by Gasteiger charge is 2.34. The highest BCUT2D eigenvalue weighted by Crippen LogP contribution is 2.35. The smallest absolute Gasteiger partial charge is 0.386 e. The fourth-order valence-corrected chi connectivity index (χ4v) is 2.98. The number of hydrogen-bond donors (Lipinski definition) is 1. The molecule has 2 aromatic rings. The average molecular weight is 449 g/mol. The molecule has 10 heteroatoms. The molecule has 3 rings (SSSR count). The van der Waals surface area contributed by atoms with Crippen LogP contribution in [0.5, 0.6) is 0 Å². The monoisotopic (exact) mass is 449 g/mol. The van der Waals surface area contributed by atoms with Crippen LogP contribution in [0.3, 0.4) is 0 Å². The summed E-state index contributed by atoms with van der Waals surface area (Å²) in [5.74, 6) is -0.0809. The molecule has 1 atom stereocenters. The van der Waals surface area contributed by atoms with E-state index in [4.69, 9.17) is 14.4 Å². The lowest BCUT2D eigenvalue weighted by Gasteiger charge is -2.22. The third-order valence-corrected chi connectivity index (χ3v) is 4.79. The summed E-state index contributed by atoms with van der Waals surface area (Å²) in [5.41, 5.74) is 3.10. The van der Waals surface area contributed by atoms with Crippen LogP contribution in [0.4, 0.5) is 13.2 Å². The second kappa shape index (κ2) is 9.84. The largest absolute Gasteiger partial charge is 0.417 e. The number of halogens is 3. The fraction of sp³-hybridized carbons (Fsp3) is 0.273. The van der Waals surface area contributed by atoms with E-state index < -0.39 is 17.8 Å². The molecule has 32 heavy (non-hydrogen) atoms. The van der Waals surface area contributed by atoms with Crippen LogP contribution in [0.25, 0.3) is 5.70 Å². The first-order valence-corrected chi connectivity index (χ1v) is 9.59. The molecule has 0 radical (unpaired) electrons. The minimum Gasteiger partial charge on any atom is -0.386 e. The molecule has 1 aliphatic rings. The zero-order valence-electron chi connectivity index (χ0n) is 17.6. The van der Waals surface area contributed by atoms with E-state index in [-0.39, 0.29) is 29.5 Å². The molecular weight excluding hydrogens is 427 g/mol. The van der Waals surface area contributed by atoms with Crippen LogP contribution < -0.4 is 5.48 Å². The first kappa shape index (κ1) is 23.3. The molecule has 1 amide bonds. The lowest BCUT2D eigenvalue weighted by atomic mass is 10.0. The molecule has 0 spiro atoms. The summed E-state index contributed by atoms with van der Waals surface area (Å²) in [6.07, 6.45) is -4.05. The minimum absolute atomic E-state index is 0.0421. The molecule has 1 heterocycles. The molecule has 0 aliphatic carbocycles. The average Bonchev–Trinajstić information content (AvgIpc) is 2.81. The van der Waals surface area contributed by atoms with Crippen LogP contribution in [-0.4, -0.2) is 37.1 Å². The van der Waals surface area contributed by atoms with Crippen molar-refractivity contribution in [3.63, 3.8) is 0 Å². The predicted molar refractivity (Wildman–Crippen MR) is 111 cm³/mol. The van der Waals surface area contributed by atoms with Crippen molar-refractivity contribution in [3.05, 3.63) is 77.0 Å². The summed E-state index contributed by atoms with van der Waals surface area (Å²) >= 11 is 0. The Morgan fingerprint density at radius 1 is 1.16 bits per heavy atom. The van der Waals surface area contributed by atoms with Gasteiger partial charge in [0.15, 0.2) is 5.84 Å². The van der Waals surface area contributed by atoms with Gasteiger partial charge in [0, 0.05) is 18.2 Å². The van der Waals surface area contributed by atoms with Crippen LogP contribution in [0, 0.1) is 0 Å². The zero-order chi connectivity index (χ0) is 23.3. The van der Waals surface area contributed by atoms with E-state index in [0.29, 0.717) is 5.56 Å². The molecule has 1 N–H and O–H groups in total. The second-order valence-corrected chi connectivity index (χ2v) is 6.86. The van der Waals surface area contributed by atoms with E-state index in [1.54, 1.807) is 31.2 Å². The van der Waals surface area contributed by atoms with Gasteiger partial charge >= 0.3 is 6.18 Å². The van der Waals surface area contributed by atoms with E-state index in [1.165, 1.54) is 37.5 Å². The van der Waals surface area contributed by atoms with Crippen LogP contribution in [-0.2, 0) is 31.9 Å². The number of benzene rings is 2.